The minimum Gasteiger partial charge on any atom is -0.464 e. The van der Waals surface area contributed by atoms with Gasteiger partial charge in [0.25, 0.3) is 0 Å². The molecule has 8 heteroatoms. The van der Waals surface area contributed by atoms with Gasteiger partial charge in [-0.3, -0.25) is 4.79 Å². The number of ether oxygens (including phenoxy) is 2. The molecule has 1 saturated carbocycles. The van der Waals surface area contributed by atoms with Crippen LogP contribution in [0, 0.1) is 0 Å². The van der Waals surface area contributed by atoms with Gasteiger partial charge in [-0.15, -0.1) is 5.10 Å². The first-order valence-corrected chi connectivity index (χ1v) is 8.59. The van der Waals surface area contributed by atoms with Gasteiger partial charge in [0, 0.05) is 0 Å². The zero-order chi connectivity index (χ0) is 16.1. The van der Waals surface area contributed by atoms with Crippen molar-refractivity contribution in [2.24, 2.45) is 0 Å². The van der Waals surface area contributed by atoms with E-state index in [1.165, 1.54) is 18.9 Å². The van der Waals surface area contributed by atoms with Gasteiger partial charge in [0.15, 0.2) is 5.69 Å². The normalized spacial score (nSPS) is 22.9. The molecule has 0 saturated heterocycles. The number of nitrogens with zero attached hydrogens (tertiary/aromatic N) is 3. The molecule has 3 atom stereocenters. The summed E-state index contributed by atoms with van der Waals surface area (Å²) < 4.78 is 11.9. The molecule has 1 fully saturated rings. The Balaban J connectivity index is 2.10. The van der Waals surface area contributed by atoms with E-state index in [9.17, 15) is 9.59 Å². The van der Waals surface area contributed by atoms with Gasteiger partial charge in [0.05, 0.1) is 24.6 Å². The Kier molecular flexibility index (Phi) is 5.82. The van der Waals surface area contributed by atoms with E-state index >= 15 is 0 Å². The molecule has 0 spiro atoms. The van der Waals surface area contributed by atoms with Crippen LogP contribution in [0.3, 0.4) is 0 Å². The highest BCUT2D eigenvalue weighted by atomic mass is 32.2. The van der Waals surface area contributed by atoms with E-state index in [-0.39, 0.29) is 29.1 Å². The van der Waals surface area contributed by atoms with Crippen LogP contribution in [-0.4, -0.2) is 51.7 Å². The molecule has 1 aromatic heterocycles. The zero-order valence-electron chi connectivity index (χ0n) is 13.0. The molecule has 1 heterocycles. The molecule has 1 aromatic rings. The minimum atomic E-state index is -0.522. The van der Waals surface area contributed by atoms with Crippen molar-refractivity contribution < 1.29 is 19.1 Å². The minimum absolute atomic E-state index is 0.0855. The first-order valence-electron chi connectivity index (χ1n) is 7.30. The van der Waals surface area contributed by atoms with Crippen LogP contribution in [0.25, 0.3) is 0 Å². The molecule has 22 heavy (non-hydrogen) atoms. The van der Waals surface area contributed by atoms with E-state index in [4.69, 9.17) is 4.74 Å². The van der Waals surface area contributed by atoms with Crippen molar-refractivity contribution in [3.05, 3.63) is 11.9 Å². The predicted molar refractivity (Wildman–Crippen MR) is 81.7 cm³/mol. The van der Waals surface area contributed by atoms with Gasteiger partial charge in [-0.1, -0.05) is 11.6 Å². The molecule has 0 amide bonds. The van der Waals surface area contributed by atoms with Gasteiger partial charge in [-0.25, -0.2) is 9.48 Å². The molecule has 0 unspecified atom stereocenters. The number of esters is 2. The number of hydrogen-bond acceptors (Lipinski definition) is 7. The molecule has 122 valence electrons. The molecule has 0 bridgehead atoms. The van der Waals surface area contributed by atoms with Crippen LogP contribution >= 0.6 is 11.8 Å². The predicted octanol–water partition coefficient (Wildman–Crippen LogP) is 1.84. The highest BCUT2D eigenvalue weighted by Gasteiger charge is 2.32. The molecule has 0 aliphatic heterocycles. The zero-order valence-corrected chi connectivity index (χ0v) is 13.8. The number of rotatable bonds is 5. The quantitative estimate of drug-likeness (QED) is 0.763. The Labute approximate surface area is 133 Å². The summed E-state index contributed by atoms with van der Waals surface area (Å²) in [6.45, 7) is 1.83. The summed E-state index contributed by atoms with van der Waals surface area (Å²) in [5.74, 6) is -0.732. The van der Waals surface area contributed by atoms with Crippen molar-refractivity contribution in [1.82, 2.24) is 15.0 Å². The first kappa shape index (κ1) is 16.8. The lowest BCUT2D eigenvalue weighted by Gasteiger charge is -2.31. The fourth-order valence-corrected chi connectivity index (χ4v) is 2.74. The molecule has 0 aromatic carbocycles. The highest BCUT2D eigenvalue weighted by Crippen LogP contribution is 2.31. The van der Waals surface area contributed by atoms with Crippen molar-refractivity contribution in [2.75, 3.05) is 13.4 Å². The van der Waals surface area contributed by atoms with Gasteiger partial charge in [0.1, 0.15) is 6.10 Å². The summed E-state index contributed by atoms with van der Waals surface area (Å²) in [7, 11) is 1.30. The van der Waals surface area contributed by atoms with E-state index in [0.717, 1.165) is 25.7 Å². The summed E-state index contributed by atoms with van der Waals surface area (Å²) in [6, 6.07) is -0.0855. The number of hydrogen-bond donors (Lipinski definition) is 0. The second-order valence-corrected chi connectivity index (χ2v) is 6.46. The third-order valence-electron chi connectivity index (χ3n) is 3.87. The molecular weight excluding hydrogens is 306 g/mol. The molecule has 0 N–H and O–H groups in total. The summed E-state index contributed by atoms with van der Waals surface area (Å²) in [5, 5.41) is 7.63. The number of methoxy groups -OCH3 is 1. The first-order chi connectivity index (χ1) is 10.6. The topological polar surface area (TPSA) is 83.3 Å². The largest absolute Gasteiger partial charge is 0.464 e. The van der Waals surface area contributed by atoms with Gasteiger partial charge in [-0.2, -0.15) is 11.8 Å². The van der Waals surface area contributed by atoms with Crippen molar-refractivity contribution in [2.45, 2.75) is 50.0 Å². The summed E-state index contributed by atoms with van der Waals surface area (Å²) in [5.41, 5.74) is 0.163. The maximum Gasteiger partial charge on any atom is 0.360 e. The SMILES string of the molecule is COC(=O)c1cn([C@@H]2CCCC[C@@H]2OC(=O)[C@@H](C)SC)nn1. The van der Waals surface area contributed by atoms with Crippen molar-refractivity contribution in [3.63, 3.8) is 0 Å². The standard InChI is InChI=1S/C14H21N3O4S/c1-9(22-3)13(18)21-12-7-5-4-6-11(12)17-8-10(15-16-17)14(19)20-2/h8-9,11-12H,4-7H2,1-3H3/t9-,11-,12+/m1/s1. The highest BCUT2D eigenvalue weighted by molar-refractivity contribution is 7.99. The van der Waals surface area contributed by atoms with E-state index in [1.54, 1.807) is 10.9 Å². The molecule has 1 aliphatic rings. The third-order valence-corrected chi connectivity index (χ3v) is 4.76. The van der Waals surface area contributed by atoms with Crippen LogP contribution in [0.5, 0.6) is 0 Å². The van der Waals surface area contributed by atoms with Crippen molar-refractivity contribution >= 4 is 23.7 Å². The molecule has 7 nitrogen and oxygen atoms in total. The fraction of sp³-hybridized carbons (Fsp3) is 0.714. The van der Waals surface area contributed by atoms with Crippen LogP contribution < -0.4 is 0 Å². The third kappa shape index (κ3) is 3.79. The molecule has 2 rings (SSSR count). The van der Waals surface area contributed by atoms with Crippen LogP contribution in [0.4, 0.5) is 0 Å². The number of thioether (sulfide) groups is 1. The molecule has 0 radical (unpaired) electrons. The Morgan fingerprint density at radius 1 is 1.41 bits per heavy atom. The summed E-state index contributed by atoms with van der Waals surface area (Å²) in [4.78, 5) is 23.5. The Morgan fingerprint density at radius 3 is 2.82 bits per heavy atom. The van der Waals surface area contributed by atoms with Gasteiger partial charge >= 0.3 is 11.9 Å². The van der Waals surface area contributed by atoms with Crippen LogP contribution in [0.2, 0.25) is 0 Å². The maximum absolute atomic E-state index is 12.0. The Bertz CT molecular complexity index is 534. The Hall–Kier alpha value is -1.57. The lowest BCUT2D eigenvalue weighted by atomic mass is 9.92. The van der Waals surface area contributed by atoms with E-state index in [1.807, 2.05) is 13.2 Å². The average molecular weight is 327 g/mol. The lowest BCUT2D eigenvalue weighted by molar-refractivity contribution is -0.152. The molecule has 1 aliphatic carbocycles. The second kappa shape index (κ2) is 7.62. The van der Waals surface area contributed by atoms with E-state index in [0.29, 0.717) is 0 Å². The van der Waals surface area contributed by atoms with Crippen LogP contribution in [0.1, 0.15) is 49.1 Å². The lowest BCUT2D eigenvalue weighted by Crippen LogP contribution is -2.34. The van der Waals surface area contributed by atoms with E-state index < -0.39 is 5.97 Å². The van der Waals surface area contributed by atoms with Gasteiger partial charge in [-0.05, 0) is 32.4 Å². The number of carbonyl (C=O) groups is 2. The smallest absolute Gasteiger partial charge is 0.360 e. The second-order valence-electron chi connectivity index (χ2n) is 5.28. The average Bonchev–Trinajstić information content (AvgIpc) is 3.03. The summed E-state index contributed by atoms with van der Waals surface area (Å²) in [6.07, 6.45) is 6.89. The van der Waals surface area contributed by atoms with Crippen molar-refractivity contribution in [1.29, 1.82) is 0 Å². The van der Waals surface area contributed by atoms with E-state index in [2.05, 4.69) is 15.0 Å². The Morgan fingerprint density at radius 2 is 2.14 bits per heavy atom. The number of carbonyl (C=O) groups excluding carboxylic acids is 2. The van der Waals surface area contributed by atoms with Crippen LogP contribution in [0.15, 0.2) is 6.20 Å². The van der Waals surface area contributed by atoms with Gasteiger partial charge < -0.3 is 9.47 Å². The monoisotopic (exact) mass is 327 g/mol. The van der Waals surface area contributed by atoms with Crippen molar-refractivity contribution in [3.8, 4) is 0 Å². The van der Waals surface area contributed by atoms with Crippen LogP contribution in [-0.2, 0) is 14.3 Å². The summed E-state index contributed by atoms with van der Waals surface area (Å²) >= 11 is 1.46. The molecular formula is C14H21N3O4S. The maximum atomic E-state index is 12.0. The fourth-order valence-electron chi connectivity index (χ4n) is 2.50. The number of aromatic nitrogens is 3. The van der Waals surface area contributed by atoms with Gasteiger partial charge in [0.2, 0.25) is 0 Å².